The second-order valence-corrected chi connectivity index (χ2v) is 3.28. The van der Waals surface area contributed by atoms with Crippen LogP contribution in [0.5, 0.6) is 5.88 Å². The van der Waals surface area contributed by atoms with E-state index in [2.05, 4.69) is 17.2 Å². The minimum absolute atomic E-state index is 0.0512. The molecule has 0 aromatic carbocycles. The Bertz CT molecular complexity index is 406. The van der Waals surface area contributed by atoms with Crippen molar-refractivity contribution < 1.29 is 17.9 Å². The molecule has 0 spiro atoms. The second kappa shape index (κ2) is 4.65. The van der Waals surface area contributed by atoms with Crippen LogP contribution in [-0.2, 0) is 6.18 Å². The molecule has 0 radical (unpaired) electrons. The van der Waals surface area contributed by atoms with E-state index >= 15 is 0 Å². The van der Waals surface area contributed by atoms with Crippen molar-refractivity contribution in [1.29, 1.82) is 0 Å². The Morgan fingerprint density at radius 1 is 1.50 bits per heavy atom. The van der Waals surface area contributed by atoms with Crippen molar-refractivity contribution in [2.75, 3.05) is 6.61 Å². The van der Waals surface area contributed by atoms with Gasteiger partial charge in [0.25, 0.3) is 0 Å². The van der Waals surface area contributed by atoms with Crippen molar-refractivity contribution in [2.24, 2.45) is 5.73 Å². The fourth-order valence-corrected chi connectivity index (χ4v) is 1.19. The first-order chi connectivity index (χ1) is 7.36. The van der Waals surface area contributed by atoms with Crippen LogP contribution in [0, 0.1) is 0 Å². The highest BCUT2D eigenvalue weighted by molar-refractivity contribution is 7.80. The Morgan fingerprint density at radius 2 is 2.12 bits per heavy atom. The van der Waals surface area contributed by atoms with Crippen LogP contribution >= 0.6 is 12.2 Å². The van der Waals surface area contributed by atoms with Gasteiger partial charge in [0.1, 0.15) is 10.7 Å². The summed E-state index contributed by atoms with van der Waals surface area (Å²) in [6.07, 6.45) is -4.51. The third-order valence-corrected chi connectivity index (χ3v) is 1.92. The monoisotopic (exact) mass is 250 g/mol. The molecule has 0 saturated carbocycles. The van der Waals surface area contributed by atoms with Crippen LogP contribution in [0.15, 0.2) is 12.1 Å². The van der Waals surface area contributed by atoms with Crippen LogP contribution < -0.4 is 10.5 Å². The molecule has 16 heavy (non-hydrogen) atoms. The van der Waals surface area contributed by atoms with Crippen molar-refractivity contribution in [1.82, 2.24) is 4.98 Å². The Balaban J connectivity index is 3.22. The zero-order valence-electron chi connectivity index (χ0n) is 8.34. The maximum atomic E-state index is 12.4. The average Bonchev–Trinajstić information content (AvgIpc) is 2.16. The molecule has 2 N–H and O–H groups in total. The van der Waals surface area contributed by atoms with Crippen LogP contribution in [0.1, 0.15) is 18.2 Å². The number of thiocarbonyl (C=S) groups is 1. The lowest BCUT2D eigenvalue weighted by molar-refractivity contribution is -0.141. The molecule has 0 fully saturated rings. The largest absolute Gasteiger partial charge is 0.477 e. The van der Waals surface area contributed by atoms with Gasteiger partial charge in [-0.05, 0) is 19.1 Å². The molecule has 0 amide bonds. The molecule has 0 aliphatic heterocycles. The predicted octanol–water partition coefficient (Wildman–Crippen LogP) is 2.13. The zero-order chi connectivity index (χ0) is 12.3. The van der Waals surface area contributed by atoms with Crippen molar-refractivity contribution in [3.05, 3.63) is 23.4 Å². The van der Waals surface area contributed by atoms with Crippen LogP contribution in [0.4, 0.5) is 13.2 Å². The number of aromatic nitrogens is 1. The first kappa shape index (κ1) is 12.7. The van der Waals surface area contributed by atoms with Crippen LogP contribution in [-0.4, -0.2) is 16.6 Å². The van der Waals surface area contributed by atoms with Crippen molar-refractivity contribution in [3.63, 3.8) is 0 Å². The predicted molar refractivity (Wildman–Crippen MR) is 56.3 cm³/mol. The summed E-state index contributed by atoms with van der Waals surface area (Å²) in [7, 11) is 0. The van der Waals surface area contributed by atoms with Crippen LogP contribution in [0.3, 0.4) is 0 Å². The van der Waals surface area contributed by atoms with E-state index in [1.807, 2.05) is 0 Å². The minimum Gasteiger partial charge on any atom is -0.477 e. The topological polar surface area (TPSA) is 48.1 Å². The number of halogens is 3. The van der Waals surface area contributed by atoms with Gasteiger partial charge in [0.15, 0.2) is 0 Å². The Morgan fingerprint density at radius 3 is 2.56 bits per heavy atom. The number of pyridine rings is 1. The quantitative estimate of drug-likeness (QED) is 0.835. The van der Waals surface area contributed by atoms with E-state index in [-0.39, 0.29) is 23.0 Å². The lowest BCUT2D eigenvalue weighted by Crippen LogP contribution is -2.16. The van der Waals surface area contributed by atoms with Gasteiger partial charge in [-0.1, -0.05) is 12.2 Å². The van der Waals surface area contributed by atoms with Gasteiger partial charge in [-0.3, -0.25) is 0 Å². The second-order valence-electron chi connectivity index (χ2n) is 2.84. The summed E-state index contributed by atoms with van der Waals surface area (Å²) in [5.41, 5.74) is 4.50. The summed E-state index contributed by atoms with van der Waals surface area (Å²) in [4.78, 5) is 3.29. The van der Waals surface area contributed by atoms with E-state index in [1.165, 1.54) is 0 Å². The molecule has 1 rings (SSSR count). The SMILES string of the molecule is CCOc1nc(C(F)(F)F)ccc1C(N)=S. The molecule has 0 saturated heterocycles. The first-order valence-electron chi connectivity index (χ1n) is 4.37. The van der Waals surface area contributed by atoms with Crippen molar-refractivity contribution >= 4 is 17.2 Å². The molecule has 1 heterocycles. The molecule has 0 aliphatic rings. The zero-order valence-corrected chi connectivity index (χ0v) is 9.15. The Kier molecular flexibility index (Phi) is 3.69. The normalized spacial score (nSPS) is 11.2. The fraction of sp³-hybridized carbons (Fsp3) is 0.333. The molecule has 3 nitrogen and oxygen atoms in total. The lowest BCUT2D eigenvalue weighted by atomic mass is 10.2. The molecule has 7 heteroatoms. The van der Waals surface area contributed by atoms with Crippen molar-refractivity contribution in [3.8, 4) is 5.88 Å². The summed E-state index contributed by atoms with van der Waals surface area (Å²) in [6, 6.07) is 1.97. The van der Waals surface area contributed by atoms with E-state index in [4.69, 9.17) is 10.5 Å². The molecule has 88 valence electrons. The van der Waals surface area contributed by atoms with E-state index in [9.17, 15) is 13.2 Å². The standard InChI is InChI=1S/C9H9F3N2OS/c1-2-15-8-5(7(13)16)3-4-6(14-8)9(10,11)12/h3-4H,2H2,1H3,(H2,13,16). The van der Waals surface area contributed by atoms with Crippen LogP contribution in [0.25, 0.3) is 0 Å². The van der Waals surface area contributed by atoms with Gasteiger partial charge < -0.3 is 10.5 Å². The number of ether oxygens (including phenoxy) is 1. The van der Waals surface area contributed by atoms with Crippen molar-refractivity contribution in [2.45, 2.75) is 13.1 Å². The van der Waals surface area contributed by atoms with E-state index in [0.29, 0.717) is 0 Å². The third kappa shape index (κ3) is 2.82. The molecule has 0 aliphatic carbocycles. The maximum absolute atomic E-state index is 12.4. The smallest absolute Gasteiger partial charge is 0.433 e. The number of hydrogen-bond acceptors (Lipinski definition) is 3. The van der Waals surface area contributed by atoms with Crippen LogP contribution in [0.2, 0.25) is 0 Å². The molecular weight excluding hydrogens is 241 g/mol. The number of rotatable bonds is 3. The van der Waals surface area contributed by atoms with Gasteiger partial charge in [-0.15, -0.1) is 0 Å². The Labute approximate surface area is 95.4 Å². The van der Waals surface area contributed by atoms with E-state index in [0.717, 1.165) is 12.1 Å². The van der Waals surface area contributed by atoms with Gasteiger partial charge in [0, 0.05) is 0 Å². The summed E-state index contributed by atoms with van der Waals surface area (Å²) in [5, 5.41) is 0. The first-order valence-corrected chi connectivity index (χ1v) is 4.78. The van der Waals surface area contributed by atoms with E-state index < -0.39 is 11.9 Å². The van der Waals surface area contributed by atoms with Gasteiger partial charge >= 0.3 is 6.18 Å². The fourth-order valence-electron chi connectivity index (χ4n) is 1.03. The average molecular weight is 250 g/mol. The highest BCUT2D eigenvalue weighted by Crippen LogP contribution is 2.30. The number of nitrogens with two attached hydrogens (primary N) is 1. The molecule has 0 bridgehead atoms. The summed E-state index contributed by atoms with van der Waals surface area (Å²) >= 11 is 4.68. The molecule has 0 atom stereocenters. The highest BCUT2D eigenvalue weighted by atomic mass is 32.1. The van der Waals surface area contributed by atoms with Gasteiger partial charge in [-0.2, -0.15) is 13.2 Å². The highest BCUT2D eigenvalue weighted by Gasteiger charge is 2.33. The Hall–Kier alpha value is -1.37. The van der Waals surface area contributed by atoms with E-state index in [1.54, 1.807) is 6.92 Å². The summed E-state index contributed by atoms with van der Waals surface area (Å²) in [5.74, 6) is -0.190. The molecular formula is C9H9F3N2OS. The number of alkyl halides is 3. The van der Waals surface area contributed by atoms with Gasteiger partial charge in [0.05, 0.1) is 12.2 Å². The number of hydrogen-bond donors (Lipinski definition) is 1. The van der Waals surface area contributed by atoms with Gasteiger partial charge in [0.2, 0.25) is 5.88 Å². The lowest BCUT2D eigenvalue weighted by Gasteiger charge is -2.11. The minimum atomic E-state index is -4.51. The maximum Gasteiger partial charge on any atom is 0.433 e. The molecule has 1 aromatic heterocycles. The van der Waals surface area contributed by atoms with Gasteiger partial charge in [-0.25, -0.2) is 4.98 Å². The molecule has 0 unspecified atom stereocenters. The summed E-state index contributed by atoms with van der Waals surface area (Å²) in [6.45, 7) is 1.81. The number of nitrogens with zero attached hydrogens (tertiary/aromatic N) is 1. The molecule has 1 aromatic rings. The summed E-state index contributed by atoms with van der Waals surface area (Å²) < 4.78 is 42.0. The third-order valence-electron chi connectivity index (χ3n) is 1.70.